The molecule has 0 unspecified atom stereocenters. The Morgan fingerprint density at radius 3 is 1.82 bits per heavy atom. The molecular weight excluding hydrogens is 581 g/mol. The standard InChI is InChI=1S/C25H18Cl3N9O3/c1-38-16-10-13(11-17(39-2)18(16)40-3)37(24-32-12-31-21(34-24)14-6-4-8-29-19(14)26)25-35-22(33-23(28)36-25)15-7-5-9-30-20(15)27/h4-12H,1-3H3. The maximum atomic E-state index is 6.38. The van der Waals surface area contributed by atoms with E-state index in [0.29, 0.717) is 34.1 Å². The number of benzene rings is 1. The molecule has 12 nitrogen and oxygen atoms in total. The first-order valence-corrected chi connectivity index (χ1v) is 12.5. The molecule has 0 N–H and O–H groups in total. The second-order valence-corrected chi connectivity index (χ2v) is 8.79. The van der Waals surface area contributed by atoms with Crippen molar-refractivity contribution in [1.29, 1.82) is 0 Å². The van der Waals surface area contributed by atoms with Crippen LogP contribution in [0.2, 0.25) is 15.6 Å². The summed E-state index contributed by atoms with van der Waals surface area (Å²) < 4.78 is 16.6. The number of rotatable bonds is 8. The average Bonchev–Trinajstić information content (AvgIpc) is 2.97. The minimum atomic E-state index is -0.109. The minimum absolute atomic E-state index is 0.0543. The van der Waals surface area contributed by atoms with E-state index in [-0.39, 0.29) is 39.1 Å². The van der Waals surface area contributed by atoms with Gasteiger partial charge in [-0.05, 0) is 35.9 Å². The lowest BCUT2D eigenvalue weighted by atomic mass is 10.2. The molecule has 15 heteroatoms. The van der Waals surface area contributed by atoms with Crippen LogP contribution >= 0.6 is 34.8 Å². The van der Waals surface area contributed by atoms with E-state index in [2.05, 4.69) is 39.9 Å². The third-order valence-corrected chi connectivity index (χ3v) is 6.23. The summed E-state index contributed by atoms with van der Waals surface area (Å²) in [6.07, 6.45) is 4.44. The van der Waals surface area contributed by atoms with Crippen LogP contribution in [0.4, 0.5) is 17.6 Å². The summed E-state index contributed by atoms with van der Waals surface area (Å²) in [5.74, 6) is 1.71. The average molecular weight is 599 g/mol. The number of methoxy groups -OCH3 is 3. The summed E-state index contributed by atoms with van der Waals surface area (Å²) in [4.78, 5) is 36.3. The number of halogens is 3. The molecule has 5 aromatic rings. The molecule has 0 amide bonds. The summed E-state index contributed by atoms with van der Waals surface area (Å²) in [5.41, 5.74) is 1.38. The highest BCUT2D eigenvalue weighted by Gasteiger charge is 2.25. The highest BCUT2D eigenvalue weighted by atomic mass is 35.5. The van der Waals surface area contributed by atoms with Crippen LogP contribution in [0, 0.1) is 0 Å². The van der Waals surface area contributed by atoms with Crippen LogP contribution in [-0.2, 0) is 0 Å². The van der Waals surface area contributed by atoms with Gasteiger partial charge in [0, 0.05) is 24.5 Å². The summed E-state index contributed by atoms with van der Waals surface area (Å²) >= 11 is 19.0. The minimum Gasteiger partial charge on any atom is -0.493 e. The maximum absolute atomic E-state index is 6.38. The molecule has 4 aromatic heterocycles. The fraction of sp³-hybridized carbons (Fsp3) is 0.120. The summed E-state index contributed by atoms with van der Waals surface area (Å²) in [7, 11) is 4.50. The number of anilines is 3. The fourth-order valence-corrected chi connectivity index (χ4v) is 4.27. The van der Waals surface area contributed by atoms with Gasteiger partial charge in [-0.3, -0.25) is 0 Å². The van der Waals surface area contributed by atoms with E-state index < -0.39 is 0 Å². The molecule has 0 aliphatic carbocycles. The van der Waals surface area contributed by atoms with Crippen LogP contribution in [-0.4, -0.2) is 61.2 Å². The Bertz CT molecular complexity index is 1670. The van der Waals surface area contributed by atoms with Crippen LogP contribution < -0.4 is 19.1 Å². The normalized spacial score (nSPS) is 10.8. The smallest absolute Gasteiger partial charge is 0.241 e. The largest absolute Gasteiger partial charge is 0.493 e. The highest BCUT2D eigenvalue weighted by Crippen LogP contribution is 2.44. The Hall–Kier alpha value is -4.39. The zero-order valence-electron chi connectivity index (χ0n) is 21.1. The van der Waals surface area contributed by atoms with Gasteiger partial charge in [-0.2, -0.15) is 19.9 Å². The lowest BCUT2D eigenvalue weighted by Gasteiger charge is -2.23. The molecule has 0 aliphatic rings. The molecule has 1 aromatic carbocycles. The van der Waals surface area contributed by atoms with Gasteiger partial charge in [0.15, 0.2) is 23.1 Å². The zero-order chi connectivity index (χ0) is 28.2. The van der Waals surface area contributed by atoms with Crippen molar-refractivity contribution in [3.8, 4) is 40.0 Å². The van der Waals surface area contributed by atoms with Gasteiger partial charge in [-0.1, -0.05) is 23.2 Å². The lowest BCUT2D eigenvalue weighted by Crippen LogP contribution is -2.18. The molecular formula is C25H18Cl3N9O3. The number of ether oxygens (including phenoxy) is 3. The van der Waals surface area contributed by atoms with Gasteiger partial charge in [0.25, 0.3) is 0 Å². The Kier molecular flexibility index (Phi) is 8.01. The third-order valence-electron chi connectivity index (χ3n) is 5.46. The van der Waals surface area contributed by atoms with Crippen molar-refractivity contribution in [2.75, 3.05) is 26.2 Å². The fourth-order valence-electron chi connectivity index (χ4n) is 3.71. The number of hydrogen-bond donors (Lipinski definition) is 0. The highest BCUT2D eigenvalue weighted by molar-refractivity contribution is 6.32. The van der Waals surface area contributed by atoms with Gasteiger partial charge in [-0.15, -0.1) is 0 Å². The van der Waals surface area contributed by atoms with Crippen molar-refractivity contribution in [3.63, 3.8) is 0 Å². The molecule has 5 rings (SSSR count). The van der Waals surface area contributed by atoms with Crippen LogP contribution in [0.1, 0.15) is 0 Å². The Labute approximate surface area is 243 Å². The van der Waals surface area contributed by atoms with E-state index >= 15 is 0 Å². The topological polar surface area (TPSA) is 134 Å². The summed E-state index contributed by atoms with van der Waals surface area (Å²) in [6.45, 7) is 0. The second-order valence-electron chi connectivity index (χ2n) is 7.74. The van der Waals surface area contributed by atoms with Gasteiger partial charge >= 0.3 is 0 Å². The van der Waals surface area contributed by atoms with Gasteiger partial charge < -0.3 is 14.2 Å². The molecule has 0 aliphatic heterocycles. The summed E-state index contributed by atoms with van der Waals surface area (Å²) in [6, 6.07) is 10.2. The molecule has 0 spiro atoms. The van der Waals surface area contributed by atoms with Gasteiger partial charge in [0.1, 0.15) is 16.6 Å². The molecule has 202 valence electrons. The lowest BCUT2D eigenvalue weighted by molar-refractivity contribution is 0.324. The Morgan fingerprint density at radius 1 is 0.650 bits per heavy atom. The van der Waals surface area contributed by atoms with E-state index in [1.54, 1.807) is 48.8 Å². The molecule has 0 radical (unpaired) electrons. The zero-order valence-corrected chi connectivity index (χ0v) is 23.3. The Morgan fingerprint density at radius 2 is 1.25 bits per heavy atom. The second kappa shape index (κ2) is 11.8. The monoisotopic (exact) mass is 597 g/mol. The first-order valence-electron chi connectivity index (χ1n) is 11.4. The van der Waals surface area contributed by atoms with Crippen LogP contribution in [0.3, 0.4) is 0 Å². The molecule has 0 saturated heterocycles. The van der Waals surface area contributed by atoms with Crippen LogP contribution in [0.25, 0.3) is 22.8 Å². The van der Waals surface area contributed by atoms with Crippen molar-refractivity contribution >= 4 is 52.4 Å². The first-order chi connectivity index (χ1) is 19.4. The number of nitrogens with zero attached hydrogens (tertiary/aromatic N) is 9. The van der Waals surface area contributed by atoms with E-state index in [4.69, 9.17) is 49.0 Å². The maximum Gasteiger partial charge on any atom is 0.241 e. The quantitative estimate of drug-likeness (QED) is 0.205. The number of aromatic nitrogens is 8. The first kappa shape index (κ1) is 27.2. The van der Waals surface area contributed by atoms with Crippen molar-refractivity contribution in [2.24, 2.45) is 0 Å². The Balaban J connectivity index is 1.77. The van der Waals surface area contributed by atoms with E-state index in [1.165, 1.54) is 32.6 Å². The molecule has 0 fully saturated rings. The predicted molar refractivity (Wildman–Crippen MR) is 149 cm³/mol. The van der Waals surface area contributed by atoms with Gasteiger partial charge in [0.2, 0.25) is 22.9 Å². The van der Waals surface area contributed by atoms with Gasteiger partial charge in [0.05, 0.1) is 38.1 Å². The third kappa shape index (κ3) is 5.37. The van der Waals surface area contributed by atoms with E-state index in [9.17, 15) is 0 Å². The van der Waals surface area contributed by atoms with Crippen molar-refractivity contribution in [2.45, 2.75) is 0 Å². The van der Waals surface area contributed by atoms with E-state index in [0.717, 1.165) is 0 Å². The number of hydrogen-bond acceptors (Lipinski definition) is 12. The van der Waals surface area contributed by atoms with E-state index in [1.807, 2.05) is 0 Å². The SMILES string of the molecule is COc1cc(N(c2ncnc(-c3cccnc3Cl)n2)c2nc(Cl)nc(-c3cccnc3Cl)n2)cc(OC)c1OC. The van der Waals surface area contributed by atoms with Crippen molar-refractivity contribution in [3.05, 3.63) is 70.7 Å². The van der Waals surface area contributed by atoms with Crippen molar-refractivity contribution < 1.29 is 14.2 Å². The van der Waals surface area contributed by atoms with Crippen LogP contribution in [0.5, 0.6) is 17.2 Å². The molecule has 0 saturated carbocycles. The molecule has 40 heavy (non-hydrogen) atoms. The van der Waals surface area contributed by atoms with Crippen molar-refractivity contribution in [1.82, 2.24) is 39.9 Å². The summed E-state index contributed by atoms with van der Waals surface area (Å²) in [5, 5.41) is 0.293. The molecule has 0 atom stereocenters. The van der Waals surface area contributed by atoms with Gasteiger partial charge in [-0.25, -0.2) is 24.8 Å². The van der Waals surface area contributed by atoms with Crippen LogP contribution in [0.15, 0.2) is 55.1 Å². The molecule has 0 bridgehead atoms. The molecule has 4 heterocycles. The predicted octanol–water partition coefficient (Wildman–Crippen LogP) is 5.64. The number of pyridine rings is 2.